The molecule has 2 rings (SSSR count). The maximum absolute atomic E-state index is 12.6. The van der Waals surface area contributed by atoms with Crippen molar-refractivity contribution in [1.82, 2.24) is 24.5 Å². The topological polar surface area (TPSA) is 56.0 Å². The Morgan fingerprint density at radius 3 is 2.64 bits per heavy atom. The lowest BCUT2D eigenvalue weighted by Gasteiger charge is -2.22. The molecular weight excluding hydrogens is 325 g/mol. The molecule has 120 valence electrons. The molecule has 0 fully saturated rings. The summed E-state index contributed by atoms with van der Waals surface area (Å²) in [5.41, 5.74) is 1.53. The van der Waals surface area contributed by atoms with Gasteiger partial charge in [0.05, 0.1) is 34.2 Å². The van der Waals surface area contributed by atoms with Crippen LogP contribution in [0.1, 0.15) is 31.3 Å². The Balaban J connectivity index is 2.13. The fourth-order valence-corrected chi connectivity index (χ4v) is 2.55. The highest BCUT2D eigenvalue weighted by Gasteiger charge is 2.22. The van der Waals surface area contributed by atoms with Crippen LogP contribution in [0.2, 0.25) is 10.0 Å². The molecule has 0 N–H and O–H groups in total. The maximum atomic E-state index is 12.6. The highest BCUT2D eigenvalue weighted by molar-refractivity contribution is 6.31. The third-order valence-electron chi connectivity index (χ3n) is 3.57. The number of carbonyl (C=O) groups excluding carboxylic acids is 1. The smallest absolute Gasteiger partial charge is 0.247 e. The second kappa shape index (κ2) is 6.71. The van der Waals surface area contributed by atoms with Crippen molar-refractivity contribution in [3.05, 3.63) is 33.8 Å². The van der Waals surface area contributed by atoms with Crippen molar-refractivity contribution in [3.63, 3.8) is 0 Å². The average molecular weight is 344 g/mol. The fraction of sp³-hybridized carbons (Fsp3) is 0.500. The van der Waals surface area contributed by atoms with Crippen molar-refractivity contribution >= 4 is 29.1 Å². The van der Waals surface area contributed by atoms with Crippen LogP contribution in [0.3, 0.4) is 0 Å². The number of carbonyl (C=O) groups is 1. The molecule has 0 radical (unpaired) electrons. The molecule has 0 aliphatic rings. The number of rotatable bonds is 5. The monoisotopic (exact) mass is 343 g/mol. The molecule has 1 unspecified atom stereocenters. The van der Waals surface area contributed by atoms with Crippen molar-refractivity contribution < 1.29 is 4.79 Å². The summed E-state index contributed by atoms with van der Waals surface area (Å²) in [5.74, 6) is -0.0703. The van der Waals surface area contributed by atoms with Gasteiger partial charge in [-0.2, -0.15) is 10.2 Å². The fourth-order valence-electron chi connectivity index (χ4n) is 2.21. The number of amides is 1. The molecule has 1 amide bonds. The molecule has 0 saturated heterocycles. The van der Waals surface area contributed by atoms with Crippen LogP contribution in [0.5, 0.6) is 0 Å². The van der Waals surface area contributed by atoms with Gasteiger partial charge in [0.1, 0.15) is 6.04 Å². The quantitative estimate of drug-likeness (QED) is 0.838. The number of aromatic nitrogens is 4. The standard InChI is InChI=1S/C14H19Cl2N5O/c1-5-20-13(11(15)6-17-20)8-19(4)14(22)10(3)21-7-12(16)9(2)18-21/h6-7,10H,5,8H2,1-4H3. The Hall–Kier alpha value is -1.53. The van der Waals surface area contributed by atoms with Crippen molar-refractivity contribution in [2.75, 3.05) is 7.05 Å². The van der Waals surface area contributed by atoms with E-state index in [1.54, 1.807) is 47.6 Å². The first-order valence-corrected chi connectivity index (χ1v) is 7.77. The first-order valence-electron chi connectivity index (χ1n) is 7.01. The number of likely N-dealkylation sites (N-methyl/N-ethyl adjacent to an activating group) is 1. The minimum absolute atomic E-state index is 0.0703. The molecule has 1 atom stereocenters. The summed E-state index contributed by atoms with van der Waals surface area (Å²) in [5, 5.41) is 9.54. The summed E-state index contributed by atoms with van der Waals surface area (Å²) in [7, 11) is 1.74. The molecule has 8 heteroatoms. The number of halogens is 2. The molecule has 2 aromatic rings. The first kappa shape index (κ1) is 16.8. The van der Waals surface area contributed by atoms with Gasteiger partial charge in [-0.15, -0.1) is 0 Å². The Labute approximate surface area is 139 Å². The van der Waals surface area contributed by atoms with E-state index in [9.17, 15) is 4.79 Å². The lowest BCUT2D eigenvalue weighted by Crippen LogP contribution is -2.33. The predicted molar refractivity (Wildman–Crippen MR) is 86.1 cm³/mol. The van der Waals surface area contributed by atoms with Crippen LogP contribution >= 0.6 is 23.2 Å². The van der Waals surface area contributed by atoms with E-state index >= 15 is 0 Å². The molecule has 6 nitrogen and oxygen atoms in total. The highest BCUT2D eigenvalue weighted by atomic mass is 35.5. The average Bonchev–Trinajstić information content (AvgIpc) is 3.01. The zero-order valence-electron chi connectivity index (χ0n) is 13.0. The molecule has 0 aliphatic heterocycles. The van der Waals surface area contributed by atoms with Crippen molar-refractivity contribution in [2.24, 2.45) is 0 Å². The lowest BCUT2D eigenvalue weighted by atomic mass is 10.3. The van der Waals surface area contributed by atoms with Crippen LogP contribution in [-0.4, -0.2) is 37.4 Å². The number of nitrogens with zero attached hydrogens (tertiary/aromatic N) is 5. The van der Waals surface area contributed by atoms with E-state index in [0.29, 0.717) is 28.8 Å². The second-order valence-electron chi connectivity index (χ2n) is 5.17. The normalized spacial score (nSPS) is 12.5. The highest BCUT2D eigenvalue weighted by Crippen LogP contribution is 2.20. The number of hydrogen-bond acceptors (Lipinski definition) is 3. The summed E-state index contributed by atoms with van der Waals surface area (Å²) in [6, 6.07) is -0.437. The maximum Gasteiger partial charge on any atom is 0.247 e. The molecule has 2 aromatic heterocycles. The van der Waals surface area contributed by atoms with Gasteiger partial charge in [0.2, 0.25) is 5.91 Å². The summed E-state index contributed by atoms with van der Waals surface area (Å²) in [4.78, 5) is 14.2. The van der Waals surface area contributed by atoms with Crippen molar-refractivity contribution in [3.8, 4) is 0 Å². The van der Waals surface area contributed by atoms with Gasteiger partial charge in [0.25, 0.3) is 0 Å². The van der Waals surface area contributed by atoms with E-state index in [1.165, 1.54) is 0 Å². The van der Waals surface area contributed by atoms with Gasteiger partial charge in [-0.1, -0.05) is 23.2 Å². The van der Waals surface area contributed by atoms with Crippen LogP contribution in [0.4, 0.5) is 0 Å². The Kier molecular flexibility index (Phi) is 5.13. The minimum Gasteiger partial charge on any atom is -0.338 e. The van der Waals surface area contributed by atoms with E-state index in [2.05, 4.69) is 10.2 Å². The molecule has 22 heavy (non-hydrogen) atoms. The van der Waals surface area contributed by atoms with Gasteiger partial charge in [-0.3, -0.25) is 14.2 Å². The molecule has 2 heterocycles. The molecule has 0 aliphatic carbocycles. The molecule has 0 spiro atoms. The van der Waals surface area contributed by atoms with Crippen LogP contribution in [-0.2, 0) is 17.9 Å². The Morgan fingerprint density at radius 2 is 2.09 bits per heavy atom. The largest absolute Gasteiger partial charge is 0.338 e. The zero-order chi connectivity index (χ0) is 16.4. The first-order chi connectivity index (χ1) is 10.3. The van der Waals surface area contributed by atoms with Crippen LogP contribution in [0.25, 0.3) is 0 Å². The SMILES string of the molecule is CCn1ncc(Cl)c1CN(C)C(=O)C(C)n1cc(Cl)c(C)n1. The van der Waals surface area contributed by atoms with Crippen LogP contribution in [0, 0.1) is 6.92 Å². The number of hydrogen-bond donors (Lipinski definition) is 0. The molecular formula is C14H19Cl2N5O. The van der Waals surface area contributed by atoms with Crippen LogP contribution in [0.15, 0.2) is 12.4 Å². The summed E-state index contributed by atoms with van der Waals surface area (Å²) >= 11 is 12.1. The van der Waals surface area contributed by atoms with Gasteiger partial charge in [0.15, 0.2) is 0 Å². The zero-order valence-corrected chi connectivity index (χ0v) is 14.6. The number of aryl methyl sites for hydroxylation is 2. The predicted octanol–water partition coefficient (Wildman–Crippen LogP) is 2.93. The molecule has 0 bridgehead atoms. The summed E-state index contributed by atoms with van der Waals surface area (Å²) in [6.07, 6.45) is 3.26. The van der Waals surface area contributed by atoms with E-state index in [4.69, 9.17) is 23.2 Å². The second-order valence-corrected chi connectivity index (χ2v) is 5.98. The van der Waals surface area contributed by atoms with Gasteiger partial charge in [-0.25, -0.2) is 0 Å². The summed E-state index contributed by atoms with van der Waals surface area (Å²) in [6.45, 7) is 6.67. The minimum atomic E-state index is -0.437. The van der Waals surface area contributed by atoms with Gasteiger partial charge in [-0.05, 0) is 20.8 Å². The van der Waals surface area contributed by atoms with Crippen LogP contribution < -0.4 is 0 Å². The third-order valence-corrected chi connectivity index (χ3v) is 4.26. The molecule has 0 aromatic carbocycles. The van der Waals surface area contributed by atoms with Gasteiger partial charge < -0.3 is 4.90 Å². The van der Waals surface area contributed by atoms with E-state index in [0.717, 1.165) is 5.69 Å². The Bertz CT molecular complexity index is 659. The van der Waals surface area contributed by atoms with E-state index in [1.807, 2.05) is 6.92 Å². The Morgan fingerprint density at radius 1 is 1.41 bits per heavy atom. The lowest BCUT2D eigenvalue weighted by molar-refractivity contribution is -0.133. The van der Waals surface area contributed by atoms with Gasteiger partial charge in [0, 0.05) is 19.8 Å². The van der Waals surface area contributed by atoms with Gasteiger partial charge >= 0.3 is 0 Å². The summed E-state index contributed by atoms with van der Waals surface area (Å²) < 4.78 is 3.36. The van der Waals surface area contributed by atoms with Crippen molar-refractivity contribution in [1.29, 1.82) is 0 Å². The van der Waals surface area contributed by atoms with E-state index in [-0.39, 0.29) is 5.91 Å². The third kappa shape index (κ3) is 3.28. The van der Waals surface area contributed by atoms with E-state index < -0.39 is 6.04 Å². The molecule has 0 saturated carbocycles. The van der Waals surface area contributed by atoms with Crippen molar-refractivity contribution in [2.45, 2.75) is 39.9 Å².